The molecular formula is C13H24N4S. The molecule has 1 aliphatic rings. The van der Waals surface area contributed by atoms with Crippen LogP contribution in [0.25, 0.3) is 0 Å². The van der Waals surface area contributed by atoms with Gasteiger partial charge in [0.2, 0.25) is 0 Å². The van der Waals surface area contributed by atoms with Crippen molar-refractivity contribution in [2.45, 2.75) is 26.4 Å². The van der Waals surface area contributed by atoms with Crippen molar-refractivity contribution in [3.63, 3.8) is 0 Å². The Morgan fingerprint density at radius 1 is 1.33 bits per heavy atom. The van der Waals surface area contributed by atoms with Gasteiger partial charge >= 0.3 is 0 Å². The third-order valence-corrected chi connectivity index (χ3v) is 4.20. The summed E-state index contributed by atoms with van der Waals surface area (Å²) in [6.07, 6.45) is 3.04. The lowest BCUT2D eigenvalue weighted by Crippen LogP contribution is -2.37. The van der Waals surface area contributed by atoms with E-state index in [1.165, 1.54) is 36.8 Å². The maximum Gasteiger partial charge on any atom is 0.0522 e. The lowest BCUT2D eigenvalue weighted by atomic mass is 10.4. The first-order valence-electron chi connectivity index (χ1n) is 6.91. The smallest absolute Gasteiger partial charge is 0.0522 e. The molecule has 1 N–H and O–H groups in total. The van der Waals surface area contributed by atoms with Crippen LogP contribution in [0.4, 0.5) is 0 Å². The first kappa shape index (κ1) is 13.9. The zero-order valence-electron chi connectivity index (χ0n) is 11.3. The van der Waals surface area contributed by atoms with Gasteiger partial charge < -0.3 is 10.2 Å². The Kier molecular flexibility index (Phi) is 6.04. The van der Waals surface area contributed by atoms with Crippen molar-refractivity contribution in [1.82, 2.24) is 20.0 Å². The summed E-state index contributed by atoms with van der Waals surface area (Å²) < 4.78 is 2.10. The van der Waals surface area contributed by atoms with Gasteiger partial charge in [-0.3, -0.25) is 4.68 Å². The molecule has 0 saturated carbocycles. The second-order valence-corrected chi connectivity index (χ2v) is 5.90. The lowest BCUT2D eigenvalue weighted by Gasteiger charge is -2.26. The average Bonchev–Trinajstić information content (AvgIpc) is 2.84. The van der Waals surface area contributed by atoms with Crippen molar-refractivity contribution >= 4 is 11.8 Å². The van der Waals surface area contributed by atoms with Crippen molar-refractivity contribution in [2.24, 2.45) is 0 Å². The molecule has 2 rings (SSSR count). The fourth-order valence-electron chi connectivity index (χ4n) is 2.20. The predicted molar refractivity (Wildman–Crippen MR) is 78.0 cm³/mol. The van der Waals surface area contributed by atoms with Gasteiger partial charge in [-0.2, -0.15) is 16.9 Å². The molecule has 1 aromatic heterocycles. The third-order valence-electron chi connectivity index (χ3n) is 3.25. The lowest BCUT2D eigenvalue weighted by molar-refractivity contribution is 0.300. The Labute approximate surface area is 114 Å². The summed E-state index contributed by atoms with van der Waals surface area (Å²) in [5, 5.41) is 7.86. The van der Waals surface area contributed by atoms with Crippen LogP contribution in [0, 0.1) is 0 Å². The highest BCUT2D eigenvalue weighted by Crippen LogP contribution is 2.08. The number of hydrogen-bond donors (Lipinski definition) is 1. The molecule has 1 aromatic rings. The molecule has 0 aliphatic carbocycles. The van der Waals surface area contributed by atoms with Crippen LogP contribution in [-0.2, 0) is 13.1 Å². The second-order valence-electron chi connectivity index (χ2n) is 4.68. The van der Waals surface area contributed by atoms with E-state index in [1.807, 2.05) is 6.20 Å². The first-order valence-corrected chi connectivity index (χ1v) is 8.07. The minimum Gasteiger partial charge on any atom is -0.310 e. The molecule has 0 amide bonds. The maximum absolute atomic E-state index is 4.34. The normalized spacial score (nSPS) is 17.2. The molecule has 102 valence electrons. The monoisotopic (exact) mass is 268 g/mol. The number of rotatable bonds is 7. The Bertz CT molecular complexity index is 333. The number of aryl methyl sites for hydroxylation is 1. The first-order chi connectivity index (χ1) is 8.90. The van der Waals surface area contributed by atoms with Gasteiger partial charge in [-0.05, 0) is 12.5 Å². The highest BCUT2D eigenvalue weighted by Gasteiger charge is 2.09. The number of hydrogen-bond acceptors (Lipinski definition) is 4. The molecule has 18 heavy (non-hydrogen) atoms. The van der Waals surface area contributed by atoms with E-state index in [0.29, 0.717) is 0 Å². The van der Waals surface area contributed by atoms with E-state index >= 15 is 0 Å². The van der Waals surface area contributed by atoms with E-state index in [2.05, 4.69) is 44.7 Å². The van der Waals surface area contributed by atoms with E-state index in [-0.39, 0.29) is 0 Å². The third kappa shape index (κ3) is 4.30. The molecule has 2 heterocycles. The quantitative estimate of drug-likeness (QED) is 0.759. The fourth-order valence-corrected chi connectivity index (χ4v) is 3.18. The summed E-state index contributed by atoms with van der Waals surface area (Å²) >= 11 is 2.07. The Balaban J connectivity index is 1.63. The van der Waals surface area contributed by atoms with Crippen molar-refractivity contribution in [3.05, 3.63) is 18.0 Å². The molecule has 5 heteroatoms. The van der Waals surface area contributed by atoms with Gasteiger partial charge in [0.25, 0.3) is 0 Å². The van der Waals surface area contributed by atoms with Crippen LogP contribution in [0.1, 0.15) is 19.0 Å². The van der Waals surface area contributed by atoms with Crippen molar-refractivity contribution in [2.75, 3.05) is 37.7 Å². The van der Waals surface area contributed by atoms with Crippen LogP contribution in [0.3, 0.4) is 0 Å². The highest BCUT2D eigenvalue weighted by molar-refractivity contribution is 7.99. The summed E-state index contributed by atoms with van der Waals surface area (Å²) in [7, 11) is 0. The van der Waals surface area contributed by atoms with E-state index in [9.17, 15) is 0 Å². The SMILES string of the molecule is CCCn1nccc1CNCCN1CCSCC1. The van der Waals surface area contributed by atoms with Gasteiger partial charge in [0.15, 0.2) is 0 Å². The molecular weight excluding hydrogens is 244 g/mol. The van der Waals surface area contributed by atoms with Crippen LogP contribution >= 0.6 is 11.8 Å². The Hall–Kier alpha value is -0.520. The van der Waals surface area contributed by atoms with Crippen LogP contribution in [-0.4, -0.2) is 52.4 Å². The fraction of sp³-hybridized carbons (Fsp3) is 0.769. The molecule has 0 radical (unpaired) electrons. The zero-order chi connectivity index (χ0) is 12.6. The number of nitrogens with zero attached hydrogens (tertiary/aromatic N) is 3. The molecule has 0 unspecified atom stereocenters. The minimum atomic E-state index is 0.933. The summed E-state index contributed by atoms with van der Waals surface area (Å²) in [6.45, 7) is 8.88. The molecule has 0 bridgehead atoms. The van der Waals surface area contributed by atoms with E-state index < -0.39 is 0 Å². The maximum atomic E-state index is 4.34. The van der Waals surface area contributed by atoms with Gasteiger partial charge in [-0.15, -0.1) is 0 Å². The van der Waals surface area contributed by atoms with E-state index in [4.69, 9.17) is 0 Å². The van der Waals surface area contributed by atoms with Crippen LogP contribution in [0.15, 0.2) is 12.3 Å². The van der Waals surface area contributed by atoms with Crippen LogP contribution in [0.2, 0.25) is 0 Å². The molecule has 0 aromatic carbocycles. The highest BCUT2D eigenvalue weighted by atomic mass is 32.2. The van der Waals surface area contributed by atoms with Crippen molar-refractivity contribution in [3.8, 4) is 0 Å². The molecule has 1 aliphatic heterocycles. The van der Waals surface area contributed by atoms with Crippen molar-refractivity contribution < 1.29 is 0 Å². The van der Waals surface area contributed by atoms with Gasteiger partial charge in [0.05, 0.1) is 5.69 Å². The van der Waals surface area contributed by atoms with Crippen LogP contribution in [0.5, 0.6) is 0 Å². The van der Waals surface area contributed by atoms with E-state index in [1.54, 1.807) is 0 Å². The van der Waals surface area contributed by atoms with Crippen LogP contribution < -0.4 is 5.32 Å². The predicted octanol–water partition coefficient (Wildman–Crippen LogP) is 1.43. The summed E-state index contributed by atoms with van der Waals surface area (Å²) in [5.41, 5.74) is 1.30. The zero-order valence-corrected chi connectivity index (χ0v) is 12.1. The summed E-state index contributed by atoms with van der Waals surface area (Å²) in [4.78, 5) is 2.55. The topological polar surface area (TPSA) is 33.1 Å². The number of thioether (sulfide) groups is 1. The summed E-state index contributed by atoms with van der Waals surface area (Å²) in [6, 6.07) is 2.11. The van der Waals surface area contributed by atoms with Crippen molar-refractivity contribution in [1.29, 1.82) is 0 Å². The number of nitrogens with one attached hydrogen (secondary N) is 1. The molecule has 4 nitrogen and oxygen atoms in total. The summed E-state index contributed by atoms with van der Waals surface area (Å²) in [5.74, 6) is 2.59. The van der Waals surface area contributed by atoms with Gasteiger partial charge in [0.1, 0.15) is 0 Å². The molecule has 0 atom stereocenters. The molecule has 1 saturated heterocycles. The average molecular weight is 268 g/mol. The second kappa shape index (κ2) is 7.81. The van der Waals surface area contributed by atoms with Gasteiger partial charge in [-0.1, -0.05) is 6.92 Å². The minimum absolute atomic E-state index is 0.933. The van der Waals surface area contributed by atoms with Gasteiger partial charge in [-0.25, -0.2) is 0 Å². The number of aromatic nitrogens is 2. The van der Waals surface area contributed by atoms with Gasteiger partial charge in [0, 0.05) is 57.0 Å². The molecule has 0 spiro atoms. The molecule has 1 fully saturated rings. The Morgan fingerprint density at radius 3 is 2.94 bits per heavy atom. The largest absolute Gasteiger partial charge is 0.310 e. The van der Waals surface area contributed by atoms with E-state index in [0.717, 1.165) is 26.1 Å². The Morgan fingerprint density at radius 2 is 2.17 bits per heavy atom. The standard InChI is InChI=1S/C13H24N4S/c1-2-6-17-13(3-4-15-17)12-14-5-7-16-8-10-18-11-9-16/h3-4,14H,2,5-12H2,1H3.